The smallest absolute Gasteiger partial charge is 0.158 e. The number of hydrogen-bond donors (Lipinski definition) is 0. The molecule has 2 nitrogen and oxygen atoms in total. The third-order valence-electron chi connectivity index (χ3n) is 3.38. The highest BCUT2D eigenvalue weighted by molar-refractivity contribution is 5.98. The number of allylic oxidation sites excluding steroid dienone is 4. The molecule has 0 spiro atoms. The topological polar surface area (TPSA) is 34.1 Å². The van der Waals surface area contributed by atoms with Gasteiger partial charge in [0, 0.05) is 12.8 Å². The molecule has 2 heteroatoms. The maximum Gasteiger partial charge on any atom is 0.158 e. The van der Waals surface area contributed by atoms with Gasteiger partial charge in [0.1, 0.15) is 0 Å². The number of rotatable bonds is 3. The molecule has 0 aromatic carbocycles. The lowest BCUT2D eigenvalue weighted by Crippen LogP contribution is -2.10. The third-order valence-corrected chi connectivity index (χ3v) is 3.38. The van der Waals surface area contributed by atoms with E-state index >= 15 is 0 Å². The highest BCUT2D eigenvalue weighted by atomic mass is 16.1. The Bertz CT molecular complexity index is 325. The normalized spacial score (nSPS) is 21.8. The molecule has 0 N–H and O–H groups in total. The van der Waals surface area contributed by atoms with Crippen molar-refractivity contribution in [2.24, 2.45) is 0 Å². The van der Waals surface area contributed by atoms with Crippen molar-refractivity contribution in [2.75, 3.05) is 0 Å². The SMILES string of the molecule is O=C1CCCC=C1CCC1=CCCCC1=O. The lowest BCUT2D eigenvalue weighted by atomic mass is 9.89. The predicted molar refractivity (Wildman–Crippen MR) is 63.1 cm³/mol. The Balaban J connectivity index is 1.91. The summed E-state index contributed by atoms with van der Waals surface area (Å²) in [4.78, 5) is 23.2. The van der Waals surface area contributed by atoms with Crippen LogP contribution in [0.4, 0.5) is 0 Å². The summed E-state index contributed by atoms with van der Waals surface area (Å²) in [6, 6.07) is 0. The minimum Gasteiger partial charge on any atom is -0.295 e. The quantitative estimate of drug-likeness (QED) is 0.729. The highest BCUT2D eigenvalue weighted by Gasteiger charge is 2.17. The van der Waals surface area contributed by atoms with E-state index in [4.69, 9.17) is 0 Å². The van der Waals surface area contributed by atoms with Crippen LogP contribution in [0, 0.1) is 0 Å². The van der Waals surface area contributed by atoms with Gasteiger partial charge in [-0.05, 0) is 49.7 Å². The van der Waals surface area contributed by atoms with Gasteiger partial charge in [0.15, 0.2) is 11.6 Å². The summed E-state index contributed by atoms with van der Waals surface area (Å²) < 4.78 is 0. The first-order chi connectivity index (χ1) is 7.77. The summed E-state index contributed by atoms with van der Waals surface area (Å²) in [6.07, 6.45) is 11.0. The van der Waals surface area contributed by atoms with Gasteiger partial charge in [-0.15, -0.1) is 0 Å². The fourth-order valence-corrected chi connectivity index (χ4v) is 2.38. The van der Waals surface area contributed by atoms with Crippen molar-refractivity contribution in [3.63, 3.8) is 0 Å². The van der Waals surface area contributed by atoms with Gasteiger partial charge in [-0.3, -0.25) is 9.59 Å². The lowest BCUT2D eigenvalue weighted by molar-refractivity contribution is -0.117. The van der Waals surface area contributed by atoms with Gasteiger partial charge in [-0.1, -0.05) is 12.2 Å². The average Bonchev–Trinajstić information content (AvgIpc) is 2.30. The van der Waals surface area contributed by atoms with Crippen molar-refractivity contribution in [1.29, 1.82) is 0 Å². The van der Waals surface area contributed by atoms with Crippen molar-refractivity contribution < 1.29 is 9.59 Å². The van der Waals surface area contributed by atoms with E-state index in [-0.39, 0.29) is 11.6 Å². The average molecular weight is 218 g/mol. The molecule has 0 atom stereocenters. The Morgan fingerprint density at radius 3 is 1.62 bits per heavy atom. The maximum atomic E-state index is 11.6. The van der Waals surface area contributed by atoms with E-state index in [9.17, 15) is 9.59 Å². The van der Waals surface area contributed by atoms with Crippen molar-refractivity contribution in [2.45, 2.75) is 51.4 Å². The van der Waals surface area contributed by atoms with Gasteiger partial charge in [0.2, 0.25) is 0 Å². The molecule has 0 aliphatic heterocycles. The first-order valence-corrected chi connectivity index (χ1v) is 6.22. The van der Waals surface area contributed by atoms with Crippen LogP contribution in [0.5, 0.6) is 0 Å². The van der Waals surface area contributed by atoms with E-state index < -0.39 is 0 Å². The van der Waals surface area contributed by atoms with Crippen LogP contribution in [0.25, 0.3) is 0 Å². The van der Waals surface area contributed by atoms with E-state index in [0.29, 0.717) is 12.8 Å². The highest BCUT2D eigenvalue weighted by Crippen LogP contribution is 2.23. The zero-order valence-corrected chi connectivity index (χ0v) is 9.63. The summed E-state index contributed by atoms with van der Waals surface area (Å²) in [5.74, 6) is 0.574. The molecular weight excluding hydrogens is 200 g/mol. The van der Waals surface area contributed by atoms with E-state index in [1.807, 2.05) is 0 Å². The van der Waals surface area contributed by atoms with Crippen LogP contribution >= 0.6 is 0 Å². The zero-order chi connectivity index (χ0) is 11.4. The second kappa shape index (κ2) is 5.24. The second-order valence-electron chi connectivity index (χ2n) is 4.59. The van der Waals surface area contributed by atoms with Crippen LogP contribution in [0.1, 0.15) is 51.4 Å². The van der Waals surface area contributed by atoms with Crippen molar-refractivity contribution in [1.82, 2.24) is 0 Å². The summed E-state index contributed by atoms with van der Waals surface area (Å²) in [7, 11) is 0. The molecule has 0 radical (unpaired) electrons. The number of ketones is 2. The molecule has 0 amide bonds. The lowest BCUT2D eigenvalue weighted by Gasteiger charge is -2.14. The fraction of sp³-hybridized carbons (Fsp3) is 0.571. The minimum absolute atomic E-state index is 0.287. The predicted octanol–water partition coefficient (Wildman–Crippen LogP) is 3.13. The Morgan fingerprint density at radius 2 is 1.25 bits per heavy atom. The van der Waals surface area contributed by atoms with Gasteiger partial charge < -0.3 is 0 Å². The van der Waals surface area contributed by atoms with Crippen LogP contribution < -0.4 is 0 Å². The molecular formula is C14H18O2. The first kappa shape index (κ1) is 11.3. The molecule has 2 rings (SSSR count). The van der Waals surface area contributed by atoms with E-state index in [1.54, 1.807) is 0 Å². The Labute approximate surface area is 96.4 Å². The van der Waals surface area contributed by atoms with Crippen LogP contribution in [0.2, 0.25) is 0 Å². The van der Waals surface area contributed by atoms with Gasteiger partial charge >= 0.3 is 0 Å². The van der Waals surface area contributed by atoms with E-state index in [2.05, 4.69) is 12.2 Å². The fourth-order valence-electron chi connectivity index (χ4n) is 2.38. The number of carbonyl (C=O) groups excluding carboxylic acids is 2. The third kappa shape index (κ3) is 2.69. The molecule has 0 fully saturated rings. The van der Waals surface area contributed by atoms with Crippen LogP contribution in [0.15, 0.2) is 23.3 Å². The van der Waals surface area contributed by atoms with Crippen LogP contribution in [0.3, 0.4) is 0 Å². The van der Waals surface area contributed by atoms with Gasteiger partial charge in [-0.2, -0.15) is 0 Å². The van der Waals surface area contributed by atoms with Gasteiger partial charge in [-0.25, -0.2) is 0 Å². The minimum atomic E-state index is 0.287. The number of Topliss-reactive ketones (excluding diaryl/α,β-unsaturated/α-hetero) is 2. The van der Waals surface area contributed by atoms with Gasteiger partial charge in [0.05, 0.1) is 0 Å². The van der Waals surface area contributed by atoms with Crippen molar-refractivity contribution in [3.05, 3.63) is 23.3 Å². The molecule has 0 unspecified atom stereocenters. The monoisotopic (exact) mass is 218 g/mol. The summed E-state index contributed by atoms with van der Waals surface area (Å²) in [5.41, 5.74) is 1.90. The van der Waals surface area contributed by atoms with Crippen LogP contribution in [-0.2, 0) is 9.59 Å². The number of carbonyl (C=O) groups is 2. The molecule has 0 saturated carbocycles. The van der Waals surface area contributed by atoms with Crippen molar-refractivity contribution >= 4 is 11.6 Å². The molecule has 0 saturated heterocycles. The maximum absolute atomic E-state index is 11.6. The Kier molecular flexibility index (Phi) is 3.70. The summed E-state index contributed by atoms with van der Waals surface area (Å²) in [6.45, 7) is 0. The van der Waals surface area contributed by atoms with E-state index in [1.165, 1.54) is 0 Å². The standard InChI is InChI=1S/C14H18O2/c15-13-7-3-1-5-11(13)9-10-12-6-2-4-8-14(12)16/h5-6H,1-4,7-10H2. The second-order valence-corrected chi connectivity index (χ2v) is 4.59. The Hall–Kier alpha value is -1.18. The molecule has 16 heavy (non-hydrogen) atoms. The molecule has 0 aromatic rings. The first-order valence-electron chi connectivity index (χ1n) is 6.22. The summed E-state index contributed by atoms with van der Waals surface area (Å²) in [5, 5.41) is 0. The molecule has 0 bridgehead atoms. The Morgan fingerprint density at radius 1 is 0.812 bits per heavy atom. The molecule has 2 aliphatic rings. The number of hydrogen-bond acceptors (Lipinski definition) is 2. The van der Waals surface area contributed by atoms with Gasteiger partial charge in [0.25, 0.3) is 0 Å². The summed E-state index contributed by atoms with van der Waals surface area (Å²) >= 11 is 0. The molecule has 86 valence electrons. The van der Waals surface area contributed by atoms with E-state index in [0.717, 1.165) is 49.7 Å². The molecule has 0 aromatic heterocycles. The largest absolute Gasteiger partial charge is 0.295 e. The zero-order valence-electron chi connectivity index (χ0n) is 9.63. The molecule has 2 aliphatic carbocycles. The molecule has 0 heterocycles. The van der Waals surface area contributed by atoms with Crippen molar-refractivity contribution in [3.8, 4) is 0 Å². The van der Waals surface area contributed by atoms with Crippen LogP contribution in [-0.4, -0.2) is 11.6 Å².